The number of amides is 1. The van der Waals surface area contributed by atoms with Gasteiger partial charge in [0.2, 0.25) is 5.91 Å². The predicted molar refractivity (Wildman–Crippen MR) is 81.5 cm³/mol. The second-order valence-corrected chi connectivity index (χ2v) is 8.30. The largest absolute Gasteiger partial charge is 0.396 e. The lowest BCUT2D eigenvalue weighted by molar-refractivity contribution is -0.139. The van der Waals surface area contributed by atoms with Gasteiger partial charge in [0.25, 0.3) is 0 Å². The lowest BCUT2D eigenvalue weighted by atomic mass is 9.51. The van der Waals surface area contributed by atoms with Crippen LogP contribution in [0.15, 0.2) is 0 Å². The molecule has 0 aromatic heterocycles. The molecule has 118 valence electrons. The number of hydrogen-bond acceptors (Lipinski definition) is 2. The summed E-state index contributed by atoms with van der Waals surface area (Å²) in [6.45, 7) is 0.229. The first-order valence-electron chi connectivity index (χ1n) is 9.15. The van der Waals surface area contributed by atoms with Crippen LogP contribution in [0.3, 0.4) is 0 Å². The van der Waals surface area contributed by atoms with Crippen LogP contribution in [0.1, 0.15) is 57.8 Å². The molecule has 21 heavy (non-hydrogen) atoms. The number of aliphatic hydroxyl groups excluding tert-OH is 1. The van der Waals surface area contributed by atoms with Crippen molar-refractivity contribution in [2.24, 2.45) is 35.5 Å². The summed E-state index contributed by atoms with van der Waals surface area (Å²) in [4.78, 5) is 12.9. The van der Waals surface area contributed by atoms with Gasteiger partial charge in [0.15, 0.2) is 0 Å². The maximum Gasteiger partial charge on any atom is 0.223 e. The van der Waals surface area contributed by atoms with Crippen molar-refractivity contribution in [1.82, 2.24) is 5.32 Å². The summed E-state index contributed by atoms with van der Waals surface area (Å²) in [7, 11) is 0. The normalized spacial score (nSPS) is 48.3. The Bertz CT molecular complexity index is 380. The lowest BCUT2D eigenvalue weighted by Gasteiger charge is -2.54. The third kappa shape index (κ3) is 2.52. The Labute approximate surface area is 127 Å². The van der Waals surface area contributed by atoms with Crippen molar-refractivity contribution in [2.45, 2.75) is 63.8 Å². The predicted octanol–water partition coefficient (Wildman–Crippen LogP) is 2.73. The van der Waals surface area contributed by atoms with Gasteiger partial charge in [0.1, 0.15) is 0 Å². The van der Waals surface area contributed by atoms with Crippen LogP contribution in [-0.2, 0) is 4.79 Å². The summed E-state index contributed by atoms with van der Waals surface area (Å²) in [6, 6.07) is 0.230. The minimum absolute atomic E-state index is 0.229. The smallest absolute Gasteiger partial charge is 0.223 e. The Hall–Kier alpha value is -0.570. The van der Waals surface area contributed by atoms with E-state index < -0.39 is 0 Å². The Balaban J connectivity index is 1.43. The zero-order valence-electron chi connectivity index (χ0n) is 13.0. The average Bonchev–Trinajstić information content (AvgIpc) is 2.46. The van der Waals surface area contributed by atoms with Gasteiger partial charge in [0, 0.05) is 24.5 Å². The number of aliphatic hydroxyl groups is 1. The van der Waals surface area contributed by atoms with E-state index in [1.807, 2.05) is 0 Å². The van der Waals surface area contributed by atoms with E-state index in [0.717, 1.165) is 24.7 Å². The van der Waals surface area contributed by atoms with E-state index in [4.69, 9.17) is 0 Å². The van der Waals surface area contributed by atoms with E-state index in [0.29, 0.717) is 29.6 Å². The monoisotopic (exact) mass is 291 g/mol. The highest BCUT2D eigenvalue weighted by atomic mass is 16.3. The molecule has 0 heterocycles. The maximum absolute atomic E-state index is 12.9. The van der Waals surface area contributed by atoms with Gasteiger partial charge in [-0.1, -0.05) is 12.8 Å². The molecule has 0 radical (unpaired) electrons. The van der Waals surface area contributed by atoms with Crippen LogP contribution in [0.5, 0.6) is 0 Å². The number of nitrogens with one attached hydrogen (secondary N) is 1. The Morgan fingerprint density at radius 3 is 2.19 bits per heavy atom. The van der Waals surface area contributed by atoms with Crippen LogP contribution in [0, 0.1) is 35.5 Å². The van der Waals surface area contributed by atoms with Gasteiger partial charge in [0.05, 0.1) is 0 Å². The van der Waals surface area contributed by atoms with Crippen molar-refractivity contribution in [3.05, 3.63) is 0 Å². The third-order valence-electron chi connectivity index (χ3n) is 7.00. The lowest BCUT2D eigenvalue weighted by Crippen LogP contribution is -2.54. The number of carbonyl (C=O) groups excluding carboxylic acids is 1. The molecule has 2 atom stereocenters. The molecule has 4 bridgehead atoms. The van der Waals surface area contributed by atoms with Gasteiger partial charge >= 0.3 is 0 Å². The van der Waals surface area contributed by atoms with Crippen LogP contribution < -0.4 is 5.32 Å². The molecular weight excluding hydrogens is 262 g/mol. The standard InChI is InChI=1S/C18H29NO2/c20-10-13-3-1-2-4-16(13)19-18(21)17-14-6-11-5-12(8-14)9-15(17)7-11/h11-17,20H,1-10H2,(H,19,21). The molecule has 0 aromatic carbocycles. The van der Waals surface area contributed by atoms with Crippen LogP contribution in [-0.4, -0.2) is 23.7 Å². The summed E-state index contributed by atoms with van der Waals surface area (Å²) in [5, 5.41) is 12.9. The first-order valence-corrected chi connectivity index (χ1v) is 9.15. The molecule has 2 N–H and O–H groups in total. The molecule has 3 nitrogen and oxygen atoms in total. The van der Waals surface area contributed by atoms with E-state index in [1.54, 1.807) is 0 Å². The zero-order valence-corrected chi connectivity index (χ0v) is 13.0. The fourth-order valence-electron chi connectivity index (χ4n) is 6.25. The summed E-state index contributed by atoms with van der Waals surface area (Å²) in [5.41, 5.74) is 0. The van der Waals surface area contributed by atoms with E-state index >= 15 is 0 Å². The average molecular weight is 291 g/mol. The van der Waals surface area contributed by atoms with Crippen molar-refractivity contribution in [3.63, 3.8) is 0 Å². The second kappa shape index (κ2) is 5.57. The van der Waals surface area contributed by atoms with Gasteiger partial charge in [-0.05, 0) is 68.6 Å². The fraction of sp³-hybridized carbons (Fsp3) is 0.944. The van der Waals surface area contributed by atoms with Crippen LogP contribution >= 0.6 is 0 Å². The highest BCUT2D eigenvalue weighted by Crippen LogP contribution is 2.56. The highest BCUT2D eigenvalue weighted by molar-refractivity contribution is 5.80. The van der Waals surface area contributed by atoms with Crippen molar-refractivity contribution in [1.29, 1.82) is 0 Å². The molecule has 5 aliphatic rings. The summed E-state index contributed by atoms with van der Waals surface area (Å²) < 4.78 is 0. The molecule has 5 fully saturated rings. The van der Waals surface area contributed by atoms with Gasteiger partial charge in [-0.3, -0.25) is 4.79 Å². The van der Waals surface area contributed by atoms with Crippen molar-refractivity contribution in [3.8, 4) is 0 Å². The molecule has 0 aromatic rings. The molecule has 5 rings (SSSR count). The van der Waals surface area contributed by atoms with E-state index in [9.17, 15) is 9.90 Å². The first-order chi connectivity index (χ1) is 10.2. The van der Waals surface area contributed by atoms with Crippen molar-refractivity contribution < 1.29 is 9.90 Å². The Morgan fingerprint density at radius 1 is 0.952 bits per heavy atom. The number of rotatable bonds is 3. The third-order valence-corrected chi connectivity index (χ3v) is 7.00. The molecule has 0 spiro atoms. The Kier molecular flexibility index (Phi) is 3.72. The summed E-state index contributed by atoms with van der Waals surface area (Å²) in [5.74, 6) is 4.09. The molecule has 3 heteroatoms. The molecule has 2 unspecified atom stereocenters. The fourth-order valence-corrected chi connectivity index (χ4v) is 6.25. The quantitative estimate of drug-likeness (QED) is 0.840. The Morgan fingerprint density at radius 2 is 1.57 bits per heavy atom. The zero-order chi connectivity index (χ0) is 14.4. The van der Waals surface area contributed by atoms with Gasteiger partial charge in [-0.15, -0.1) is 0 Å². The molecular formula is C18H29NO2. The van der Waals surface area contributed by atoms with Crippen LogP contribution in [0.4, 0.5) is 0 Å². The topological polar surface area (TPSA) is 49.3 Å². The number of hydrogen-bond donors (Lipinski definition) is 2. The minimum atomic E-state index is 0.229. The minimum Gasteiger partial charge on any atom is -0.396 e. The molecule has 5 aliphatic carbocycles. The van der Waals surface area contributed by atoms with Crippen molar-refractivity contribution >= 4 is 5.91 Å². The van der Waals surface area contributed by atoms with E-state index in [-0.39, 0.29) is 12.6 Å². The molecule has 5 saturated carbocycles. The van der Waals surface area contributed by atoms with E-state index in [1.165, 1.54) is 44.9 Å². The molecule has 0 saturated heterocycles. The highest BCUT2D eigenvalue weighted by Gasteiger charge is 2.51. The van der Waals surface area contributed by atoms with Crippen molar-refractivity contribution in [2.75, 3.05) is 6.61 Å². The van der Waals surface area contributed by atoms with Crippen LogP contribution in [0.2, 0.25) is 0 Å². The summed E-state index contributed by atoms with van der Waals surface area (Å²) >= 11 is 0. The first kappa shape index (κ1) is 14.0. The number of carbonyl (C=O) groups is 1. The molecule has 1 amide bonds. The van der Waals surface area contributed by atoms with Gasteiger partial charge in [-0.2, -0.15) is 0 Å². The second-order valence-electron chi connectivity index (χ2n) is 8.30. The van der Waals surface area contributed by atoms with Gasteiger partial charge in [-0.25, -0.2) is 0 Å². The van der Waals surface area contributed by atoms with E-state index in [2.05, 4.69) is 5.32 Å². The summed E-state index contributed by atoms with van der Waals surface area (Å²) in [6.07, 6.45) is 11.2. The van der Waals surface area contributed by atoms with Crippen LogP contribution in [0.25, 0.3) is 0 Å². The molecule has 0 aliphatic heterocycles. The maximum atomic E-state index is 12.9. The SMILES string of the molecule is O=C(NC1CCCCC1CO)C1C2CC3CC(C2)CC1C3. The van der Waals surface area contributed by atoms with Gasteiger partial charge < -0.3 is 10.4 Å².